The molecule has 1 saturated heterocycles. The first-order valence-corrected chi connectivity index (χ1v) is 9.94. The molecule has 0 amide bonds. The number of nitrogens with two attached hydrogens (primary N) is 2. The summed E-state index contributed by atoms with van der Waals surface area (Å²) in [6.45, 7) is 5.54. The predicted octanol–water partition coefficient (Wildman–Crippen LogP) is 2.45. The SMILES string of the molecule is C=Cc1ccc(C(=N)c2cc(-c3cnn(C)c3)ncc2N)nc1N1CCC[C@H](N)C1. The molecule has 0 aliphatic carbocycles. The van der Waals surface area contributed by atoms with Gasteiger partial charge < -0.3 is 16.4 Å². The lowest BCUT2D eigenvalue weighted by molar-refractivity contribution is 0.503. The maximum absolute atomic E-state index is 8.79. The van der Waals surface area contributed by atoms with Gasteiger partial charge in [-0.05, 0) is 31.0 Å². The average Bonchev–Trinajstić information content (AvgIpc) is 3.19. The van der Waals surface area contributed by atoms with Crippen molar-refractivity contribution in [1.82, 2.24) is 19.7 Å². The van der Waals surface area contributed by atoms with Crippen LogP contribution in [0.2, 0.25) is 0 Å². The molecule has 0 spiro atoms. The highest BCUT2D eigenvalue weighted by Crippen LogP contribution is 2.26. The molecule has 30 heavy (non-hydrogen) atoms. The van der Waals surface area contributed by atoms with E-state index < -0.39 is 0 Å². The molecule has 1 aliphatic heterocycles. The molecule has 1 aliphatic rings. The zero-order valence-electron chi connectivity index (χ0n) is 17.0. The van der Waals surface area contributed by atoms with E-state index in [-0.39, 0.29) is 11.8 Å². The molecule has 3 aromatic heterocycles. The van der Waals surface area contributed by atoms with Gasteiger partial charge in [-0.15, -0.1) is 0 Å². The fraction of sp³-hybridized carbons (Fsp3) is 0.273. The van der Waals surface area contributed by atoms with Crippen LogP contribution in [0.25, 0.3) is 17.3 Å². The second kappa shape index (κ2) is 8.08. The maximum Gasteiger partial charge on any atom is 0.136 e. The van der Waals surface area contributed by atoms with Crippen LogP contribution in [0.5, 0.6) is 0 Å². The number of nitrogens with one attached hydrogen (secondary N) is 1. The molecular weight excluding hydrogens is 376 g/mol. The van der Waals surface area contributed by atoms with Gasteiger partial charge in [-0.1, -0.05) is 12.7 Å². The zero-order chi connectivity index (χ0) is 21.3. The first-order chi connectivity index (χ1) is 14.5. The van der Waals surface area contributed by atoms with Gasteiger partial charge in [-0.25, -0.2) is 4.98 Å². The van der Waals surface area contributed by atoms with Crippen LogP contribution >= 0.6 is 0 Å². The van der Waals surface area contributed by atoms with Crippen LogP contribution in [0.3, 0.4) is 0 Å². The minimum atomic E-state index is 0.124. The van der Waals surface area contributed by atoms with Crippen LogP contribution in [-0.2, 0) is 7.05 Å². The highest BCUT2D eigenvalue weighted by molar-refractivity contribution is 6.13. The Bertz CT molecular complexity index is 1100. The lowest BCUT2D eigenvalue weighted by Gasteiger charge is -2.32. The topological polar surface area (TPSA) is 123 Å². The fourth-order valence-electron chi connectivity index (χ4n) is 3.75. The number of nitrogens with zero attached hydrogens (tertiary/aromatic N) is 5. The van der Waals surface area contributed by atoms with E-state index in [1.54, 1.807) is 23.2 Å². The van der Waals surface area contributed by atoms with Crippen LogP contribution < -0.4 is 16.4 Å². The Labute approximate surface area is 175 Å². The fourth-order valence-corrected chi connectivity index (χ4v) is 3.75. The van der Waals surface area contributed by atoms with Gasteiger partial charge in [-0.3, -0.25) is 15.1 Å². The summed E-state index contributed by atoms with van der Waals surface area (Å²) in [7, 11) is 1.85. The molecule has 4 rings (SSSR count). The van der Waals surface area contributed by atoms with E-state index in [1.165, 1.54) is 0 Å². The Kier molecular flexibility index (Phi) is 5.33. The highest BCUT2D eigenvalue weighted by Gasteiger charge is 2.21. The number of rotatable bonds is 5. The summed E-state index contributed by atoms with van der Waals surface area (Å²) in [6.07, 6.45) is 9.01. The Morgan fingerprint density at radius 2 is 2.17 bits per heavy atom. The third-order valence-corrected chi connectivity index (χ3v) is 5.34. The minimum absolute atomic E-state index is 0.124. The smallest absolute Gasteiger partial charge is 0.136 e. The van der Waals surface area contributed by atoms with Gasteiger partial charge in [0.2, 0.25) is 0 Å². The van der Waals surface area contributed by atoms with Crippen LogP contribution in [0.4, 0.5) is 11.5 Å². The number of piperidine rings is 1. The molecule has 0 saturated carbocycles. The van der Waals surface area contributed by atoms with Crippen LogP contribution in [0.15, 0.2) is 43.4 Å². The molecule has 0 aromatic carbocycles. The lowest BCUT2D eigenvalue weighted by Crippen LogP contribution is -2.43. The van der Waals surface area contributed by atoms with Gasteiger partial charge in [-0.2, -0.15) is 5.10 Å². The second-order valence-electron chi connectivity index (χ2n) is 7.60. The van der Waals surface area contributed by atoms with Gasteiger partial charge >= 0.3 is 0 Å². The monoisotopic (exact) mass is 402 g/mol. The lowest BCUT2D eigenvalue weighted by atomic mass is 10.0. The van der Waals surface area contributed by atoms with Crippen molar-refractivity contribution in [2.24, 2.45) is 12.8 Å². The normalized spacial score (nSPS) is 16.5. The number of aromatic nitrogens is 4. The second-order valence-corrected chi connectivity index (χ2v) is 7.60. The van der Waals surface area contributed by atoms with E-state index in [9.17, 15) is 0 Å². The molecule has 1 fully saturated rings. The van der Waals surface area contributed by atoms with E-state index in [2.05, 4.69) is 21.6 Å². The van der Waals surface area contributed by atoms with E-state index in [0.29, 0.717) is 22.6 Å². The summed E-state index contributed by atoms with van der Waals surface area (Å²) < 4.78 is 1.71. The predicted molar refractivity (Wildman–Crippen MR) is 121 cm³/mol. The summed E-state index contributed by atoms with van der Waals surface area (Å²) in [6, 6.07) is 5.71. The van der Waals surface area contributed by atoms with Gasteiger partial charge in [0.1, 0.15) is 5.82 Å². The highest BCUT2D eigenvalue weighted by atomic mass is 15.2. The van der Waals surface area contributed by atoms with E-state index in [0.717, 1.165) is 42.9 Å². The van der Waals surface area contributed by atoms with Gasteiger partial charge in [0.15, 0.2) is 0 Å². The van der Waals surface area contributed by atoms with Crippen LogP contribution in [0.1, 0.15) is 29.7 Å². The third-order valence-electron chi connectivity index (χ3n) is 5.34. The third kappa shape index (κ3) is 3.81. The molecule has 0 unspecified atom stereocenters. The van der Waals surface area contributed by atoms with E-state index in [4.69, 9.17) is 21.9 Å². The minimum Gasteiger partial charge on any atom is -0.397 e. The van der Waals surface area contributed by atoms with Crippen molar-refractivity contribution in [2.75, 3.05) is 23.7 Å². The molecule has 3 aromatic rings. The number of nitrogen functional groups attached to an aromatic ring is 1. The summed E-state index contributed by atoms with van der Waals surface area (Å²) in [5.41, 5.74) is 16.7. The van der Waals surface area contributed by atoms with Crippen molar-refractivity contribution in [2.45, 2.75) is 18.9 Å². The summed E-state index contributed by atoms with van der Waals surface area (Å²) in [5, 5.41) is 13.0. The number of hydrogen-bond donors (Lipinski definition) is 3. The molecule has 154 valence electrons. The first kappa shape index (κ1) is 19.8. The largest absolute Gasteiger partial charge is 0.397 e. The van der Waals surface area contributed by atoms with Gasteiger partial charge in [0.25, 0.3) is 0 Å². The average molecular weight is 403 g/mol. The van der Waals surface area contributed by atoms with Crippen molar-refractivity contribution < 1.29 is 0 Å². The number of anilines is 2. The maximum atomic E-state index is 8.79. The Hall–Kier alpha value is -3.52. The molecule has 5 N–H and O–H groups in total. The Balaban J connectivity index is 1.71. The van der Waals surface area contributed by atoms with Crippen molar-refractivity contribution >= 4 is 23.3 Å². The van der Waals surface area contributed by atoms with Gasteiger partial charge in [0.05, 0.1) is 35.2 Å². The van der Waals surface area contributed by atoms with Crippen LogP contribution in [-0.4, -0.2) is 44.6 Å². The number of hydrogen-bond acceptors (Lipinski definition) is 7. The molecule has 0 radical (unpaired) electrons. The molecule has 0 bridgehead atoms. The van der Waals surface area contributed by atoms with E-state index in [1.807, 2.05) is 31.4 Å². The van der Waals surface area contributed by atoms with Crippen molar-refractivity contribution in [3.63, 3.8) is 0 Å². The summed E-state index contributed by atoms with van der Waals surface area (Å²) in [5.74, 6) is 0.808. The van der Waals surface area contributed by atoms with Crippen LogP contribution in [0, 0.1) is 5.41 Å². The van der Waals surface area contributed by atoms with Gasteiger partial charge in [0, 0.05) is 49.1 Å². The summed E-state index contributed by atoms with van der Waals surface area (Å²) >= 11 is 0. The van der Waals surface area contributed by atoms with E-state index >= 15 is 0 Å². The molecule has 1 atom stereocenters. The molecular formula is C22H26N8. The molecule has 8 heteroatoms. The Morgan fingerprint density at radius 1 is 1.33 bits per heavy atom. The molecule has 4 heterocycles. The standard InChI is InChI=1S/C22H26N8/c1-3-14-6-7-19(28-22(14)30-8-4-5-16(23)13-30)21(25)17-9-20(26-11-18(17)24)15-10-27-29(2)12-15/h3,6-7,9-12,16,25H,1,4-5,8,13,23-24H2,2H3/t16-/m0/s1. The number of pyridine rings is 2. The number of aryl methyl sites for hydroxylation is 1. The molecule has 8 nitrogen and oxygen atoms in total. The van der Waals surface area contributed by atoms with Crippen molar-refractivity contribution in [3.8, 4) is 11.3 Å². The van der Waals surface area contributed by atoms with Crippen molar-refractivity contribution in [3.05, 3.63) is 60.2 Å². The Morgan fingerprint density at radius 3 is 2.87 bits per heavy atom. The zero-order valence-corrected chi connectivity index (χ0v) is 17.0. The van der Waals surface area contributed by atoms with Crippen molar-refractivity contribution in [1.29, 1.82) is 5.41 Å². The first-order valence-electron chi connectivity index (χ1n) is 9.94. The summed E-state index contributed by atoms with van der Waals surface area (Å²) in [4.78, 5) is 11.4. The quantitative estimate of drug-likeness (QED) is 0.563.